The van der Waals surface area contributed by atoms with Crippen LogP contribution in [0.4, 0.5) is 4.53 Å². The van der Waals surface area contributed by atoms with Crippen molar-refractivity contribution in [2.75, 3.05) is 46.1 Å². The van der Waals surface area contributed by atoms with Crippen molar-refractivity contribution in [3.05, 3.63) is 0 Å². The quantitative estimate of drug-likeness (QED) is 0.210. The molecule has 0 rings (SSSR count). The van der Waals surface area contributed by atoms with Gasteiger partial charge in [-0.25, -0.2) is 0 Å². The third-order valence-electron chi connectivity index (χ3n) is 3.33. The van der Waals surface area contributed by atoms with Gasteiger partial charge in [-0.05, 0) is 18.4 Å². The van der Waals surface area contributed by atoms with Crippen LogP contribution in [0, 0.1) is 0 Å². The predicted octanol–water partition coefficient (Wildman–Crippen LogP) is -2.01. The number of nitrogens with two attached hydrogens (primary N) is 1. The third-order valence-corrected chi connectivity index (χ3v) is 3.33. The molecule has 24 heavy (non-hydrogen) atoms. The number of nitrogens with zero attached hydrogens (tertiary/aromatic N) is 1. The Morgan fingerprint density at radius 3 is 1.96 bits per heavy atom. The van der Waals surface area contributed by atoms with Crippen molar-refractivity contribution in [1.82, 2.24) is 4.90 Å². The lowest BCUT2D eigenvalue weighted by Crippen LogP contribution is -2.47. The summed E-state index contributed by atoms with van der Waals surface area (Å²) in [5.74, 6) is 0. The summed E-state index contributed by atoms with van der Waals surface area (Å²) in [6.45, 7) is 3.07. The number of aliphatic hydroxyl groups excluding tert-OH is 4. The minimum atomic E-state index is -0.960. The Kier molecular flexibility index (Phi) is 13.6. The van der Waals surface area contributed by atoms with Crippen molar-refractivity contribution in [2.45, 2.75) is 44.4 Å². The van der Waals surface area contributed by atoms with Crippen LogP contribution in [-0.4, -0.2) is 102 Å². The second kappa shape index (κ2) is 13.8. The first-order chi connectivity index (χ1) is 11.3. The van der Waals surface area contributed by atoms with Gasteiger partial charge in [0, 0.05) is 19.1 Å². The number of halogens is 1. The number of rotatable bonds is 15. The molecule has 146 valence electrons. The minimum Gasteiger partial charge on any atom is -0.394 e. The molecule has 0 aliphatic heterocycles. The molecule has 9 nitrogen and oxygen atoms in total. The van der Waals surface area contributed by atoms with E-state index >= 15 is 0 Å². The third kappa shape index (κ3) is 11.2. The van der Waals surface area contributed by atoms with Gasteiger partial charge in [-0.2, -0.15) is 4.94 Å². The zero-order chi connectivity index (χ0) is 18.5. The summed E-state index contributed by atoms with van der Waals surface area (Å²) in [4.78, 5) is 5.08. The molecule has 6 N–H and O–H groups in total. The molecule has 0 spiro atoms. The van der Waals surface area contributed by atoms with Crippen LogP contribution >= 0.6 is 0 Å². The van der Waals surface area contributed by atoms with Gasteiger partial charge in [0.1, 0.15) is 12.8 Å². The first-order valence-electron chi connectivity index (χ1n) is 7.88. The number of hydrogen-bond donors (Lipinski definition) is 5. The topological polar surface area (TPSA) is 138 Å². The molecule has 0 saturated carbocycles. The van der Waals surface area contributed by atoms with E-state index in [2.05, 4.69) is 4.94 Å². The molecule has 0 saturated heterocycles. The highest BCUT2D eigenvalue weighted by molar-refractivity contribution is 4.74. The second-order valence-corrected chi connectivity index (χ2v) is 5.77. The number of hydrogen-bond acceptors (Lipinski definition) is 9. The van der Waals surface area contributed by atoms with E-state index in [1.165, 1.54) is 0 Å². The van der Waals surface area contributed by atoms with Crippen LogP contribution in [0.3, 0.4) is 0 Å². The van der Waals surface area contributed by atoms with Gasteiger partial charge >= 0.3 is 0 Å². The van der Waals surface area contributed by atoms with Crippen LogP contribution in [0.2, 0.25) is 0 Å². The maximum atomic E-state index is 11.6. The van der Waals surface area contributed by atoms with Crippen molar-refractivity contribution >= 4 is 0 Å². The Labute approximate surface area is 141 Å². The van der Waals surface area contributed by atoms with E-state index in [1.807, 2.05) is 6.92 Å². The number of ether oxygens (including phenoxy) is 2. The Morgan fingerprint density at radius 1 is 0.958 bits per heavy atom. The van der Waals surface area contributed by atoms with Crippen molar-refractivity contribution in [2.24, 2.45) is 5.73 Å². The lowest BCUT2D eigenvalue weighted by molar-refractivity contribution is -0.170. The van der Waals surface area contributed by atoms with Crippen LogP contribution in [0.1, 0.15) is 13.8 Å². The fourth-order valence-electron chi connectivity index (χ4n) is 1.92. The Hall–Kier alpha value is -0.430. The van der Waals surface area contributed by atoms with Crippen LogP contribution in [0.15, 0.2) is 0 Å². The van der Waals surface area contributed by atoms with Gasteiger partial charge in [0.05, 0.1) is 44.7 Å². The molecule has 5 atom stereocenters. The van der Waals surface area contributed by atoms with Gasteiger partial charge in [0.2, 0.25) is 0 Å². The van der Waals surface area contributed by atoms with Gasteiger partial charge < -0.3 is 35.6 Å². The molecule has 0 aromatic heterocycles. The van der Waals surface area contributed by atoms with Crippen LogP contribution < -0.4 is 5.73 Å². The largest absolute Gasteiger partial charge is 0.394 e. The van der Waals surface area contributed by atoms with Gasteiger partial charge in [-0.1, -0.05) is 0 Å². The molecule has 0 aromatic carbocycles. The molecule has 0 aliphatic rings. The van der Waals surface area contributed by atoms with Crippen molar-refractivity contribution in [3.8, 4) is 0 Å². The normalized spacial score (nSPS) is 18.4. The van der Waals surface area contributed by atoms with E-state index in [-0.39, 0.29) is 45.1 Å². The molecular weight excluding hydrogens is 327 g/mol. The zero-order valence-corrected chi connectivity index (χ0v) is 14.3. The average molecular weight is 358 g/mol. The Morgan fingerprint density at radius 2 is 1.50 bits per heavy atom. The summed E-state index contributed by atoms with van der Waals surface area (Å²) in [5, 5.41) is 37.1. The van der Waals surface area contributed by atoms with E-state index < -0.39 is 31.6 Å². The molecule has 0 amide bonds. The molecule has 5 unspecified atom stereocenters. The molecular formula is C14H31FN2O7. The van der Waals surface area contributed by atoms with E-state index in [0.29, 0.717) is 0 Å². The maximum absolute atomic E-state index is 11.6. The van der Waals surface area contributed by atoms with Crippen molar-refractivity contribution in [1.29, 1.82) is 0 Å². The van der Waals surface area contributed by atoms with Crippen LogP contribution in [0.5, 0.6) is 0 Å². The van der Waals surface area contributed by atoms with Gasteiger partial charge in [-0.15, -0.1) is 0 Å². The van der Waals surface area contributed by atoms with Crippen LogP contribution in [-0.2, 0) is 14.4 Å². The lowest BCUT2D eigenvalue weighted by atomic mass is 10.2. The standard InChI is InChI=1S/C14H31FN2O7/c1-10(7-22-11(2)8-23-14(16)9-24-15)17(3-12(20)5-18)4-13(21)6-19/h10-14,18-21H,3-9,16H2,1-2H3. The first-order valence-corrected chi connectivity index (χ1v) is 7.88. The number of aliphatic hydroxyl groups is 4. The smallest absolute Gasteiger partial charge is 0.132 e. The lowest BCUT2D eigenvalue weighted by Gasteiger charge is -2.32. The summed E-state index contributed by atoms with van der Waals surface area (Å²) in [6, 6.07) is -0.197. The summed E-state index contributed by atoms with van der Waals surface area (Å²) < 4.78 is 22.3. The SMILES string of the molecule is CC(COC(N)COF)OCC(C)N(CC(O)CO)CC(O)CO. The van der Waals surface area contributed by atoms with Gasteiger partial charge in [0.25, 0.3) is 0 Å². The predicted molar refractivity (Wildman–Crippen MR) is 83.6 cm³/mol. The Balaban J connectivity index is 4.29. The summed E-state index contributed by atoms with van der Waals surface area (Å²) in [5.41, 5.74) is 5.42. The average Bonchev–Trinajstić information content (AvgIpc) is 2.56. The van der Waals surface area contributed by atoms with E-state index in [1.54, 1.807) is 11.8 Å². The zero-order valence-electron chi connectivity index (χ0n) is 14.3. The molecule has 0 bridgehead atoms. The van der Waals surface area contributed by atoms with Crippen molar-refractivity contribution in [3.63, 3.8) is 0 Å². The molecule has 0 aromatic rings. The second-order valence-electron chi connectivity index (χ2n) is 5.77. The van der Waals surface area contributed by atoms with E-state index in [0.717, 1.165) is 0 Å². The summed E-state index contributed by atoms with van der Waals surface area (Å²) >= 11 is 0. The maximum Gasteiger partial charge on any atom is 0.132 e. The Bertz CT molecular complexity index is 292. The molecule has 0 radical (unpaired) electrons. The first kappa shape index (κ1) is 23.6. The van der Waals surface area contributed by atoms with Crippen molar-refractivity contribution < 1.29 is 39.4 Å². The molecule has 0 fully saturated rings. The fraction of sp³-hybridized carbons (Fsp3) is 1.00. The highest BCUT2D eigenvalue weighted by Gasteiger charge is 2.21. The van der Waals surface area contributed by atoms with Gasteiger partial charge in [0.15, 0.2) is 0 Å². The monoisotopic (exact) mass is 358 g/mol. The van der Waals surface area contributed by atoms with Crippen LogP contribution in [0.25, 0.3) is 0 Å². The molecule has 10 heteroatoms. The highest BCUT2D eigenvalue weighted by Crippen LogP contribution is 2.06. The highest BCUT2D eigenvalue weighted by atomic mass is 19.3. The van der Waals surface area contributed by atoms with E-state index in [9.17, 15) is 14.7 Å². The fourth-order valence-corrected chi connectivity index (χ4v) is 1.92. The van der Waals surface area contributed by atoms with Gasteiger partial charge in [-0.3, -0.25) is 4.90 Å². The molecule has 0 heterocycles. The van der Waals surface area contributed by atoms with E-state index in [4.69, 9.17) is 25.4 Å². The molecule has 0 aliphatic carbocycles. The minimum absolute atomic E-state index is 0.127. The summed E-state index contributed by atoms with van der Waals surface area (Å²) in [6.07, 6.45) is -3.12. The summed E-state index contributed by atoms with van der Waals surface area (Å²) in [7, 11) is 0.